The Kier molecular flexibility index (Phi) is 4.00. The molecule has 0 amide bonds. The van der Waals surface area contributed by atoms with Crippen LogP contribution in [0.3, 0.4) is 0 Å². The molecular weight excluding hydrogens is 284 g/mol. The van der Waals surface area contributed by atoms with E-state index < -0.39 is 21.2 Å². The van der Waals surface area contributed by atoms with Gasteiger partial charge in [-0.1, -0.05) is 48.9 Å². The third-order valence-electron chi connectivity index (χ3n) is 4.37. The first-order valence-corrected chi connectivity index (χ1v) is 9.16. The van der Waals surface area contributed by atoms with Crippen molar-refractivity contribution in [3.8, 4) is 0 Å². The van der Waals surface area contributed by atoms with Crippen molar-refractivity contribution in [1.82, 2.24) is 0 Å². The lowest BCUT2D eigenvalue weighted by atomic mass is 9.97. The first-order valence-electron chi connectivity index (χ1n) is 7.44. The van der Waals surface area contributed by atoms with Crippen LogP contribution in [-0.2, 0) is 16.3 Å². The maximum atomic E-state index is 12.1. The van der Waals surface area contributed by atoms with Crippen molar-refractivity contribution < 1.29 is 13.5 Å². The van der Waals surface area contributed by atoms with Crippen molar-refractivity contribution in [1.29, 1.82) is 0 Å². The van der Waals surface area contributed by atoms with Crippen LogP contribution in [0.4, 0.5) is 0 Å². The molecule has 2 unspecified atom stereocenters. The summed E-state index contributed by atoms with van der Waals surface area (Å²) in [5.74, 6) is 0.213. The highest BCUT2D eigenvalue weighted by Gasteiger charge is 2.34. The van der Waals surface area contributed by atoms with Gasteiger partial charge in [0.05, 0.1) is 17.1 Å². The predicted molar refractivity (Wildman–Crippen MR) is 85.1 cm³/mol. The molecule has 0 radical (unpaired) electrons. The second-order valence-corrected chi connectivity index (χ2v) is 8.15. The van der Waals surface area contributed by atoms with Gasteiger partial charge in [-0.2, -0.15) is 0 Å². The third-order valence-corrected chi connectivity index (χ3v) is 6.70. The number of aliphatic hydroxyl groups excluding tert-OH is 1. The standard InChI is InChI=1S/C17H20O3S/c18-16(17-10-3-4-11-21(17,19)20)12-14-8-5-7-13-6-1-2-9-15(13)14/h1-2,5-9,16-18H,3-4,10-12H2. The van der Waals surface area contributed by atoms with Crippen LogP contribution in [0.2, 0.25) is 0 Å². The van der Waals surface area contributed by atoms with E-state index in [2.05, 4.69) is 0 Å². The fourth-order valence-electron chi connectivity index (χ4n) is 3.24. The van der Waals surface area contributed by atoms with Crippen LogP contribution >= 0.6 is 0 Å². The molecule has 3 rings (SSSR count). The zero-order valence-corrected chi connectivity index (χ0v) is 12.7. The fraction of sp³-hybridized carbons (Fsp3) is 0.412. The maximum absolute atomic E-state index is 12.1. The van der Waals surface area contributed by atoms with Crippen LogP contribution in [0.5, 0.6) is 0 Å². The van der Waals surface area contributed by atoms with Gasteiger partial charge in [0.2, 0.25) is 0 Å². The molecule has 2 aromatic rings. The van der Waals surface area contributed by atoms with Crippen molar-refractivity contribution >= 4 is 20.6 Å². The van der Waals surface area contributed by atoms with Crippen molar-refractivity contribution in [2.24, 2.45) is 0 Å². The smallest absolute Gasteiger partial charge is 0.155 e. The van der Waals surface area contributed by atoms with Gasteiger partial charge in [0.1, 0.15) is 0 Å². The average molecular weight is 304 g/mol. The van der Waals surface area contributed by atoms with Crippen LogP contribution < -0.4 is 0 Å². The molecule has 1 aliphatic heterocycles. The summed E-state index contributed by atoms with van der Waals surface area (Å²) in [7, 11) is -3.15. The summed E-state index contributed by atoms with van der Waals surface area (Å²) in [5, 5.41) is 12.0. The Morgan fingerprint density at radius 2 is 1.86 bits per heavy atom. The molecule has 0 bridgehead atoms. The monoisotopic (exact) mass is 304 g/mol. The van der Waals surface area contributed by atoms with Gasteiger partial charge in [-0.05, 0) is 29.2 Å². The highest BCUT2D eigenvalue weighted by molar-refractivity contribution is 7.92. The van der Waals surface area contributed by atoms with E-state index in [1.165, 1.54) is 0 Å². The van der Waals surface area contributed by atoms with Crippen molar-refractivity contribution in [2.75, 3.05) is 5.75 Å². The third kappa shape index (κ3) is 2.97. The Balaban J connectivity index is 1.88. The zero-order chi connectivity index (χ0) is 14.9. The molecule has 2 aromatic carbocycles. The topological polar surface area (TPSA) is 54.4 Å². The fourth-order valence-corrected chi connectivity index (χ4v) is 5.25. The quantitative estimate of drug-likeness (QED) is 0.948. The van der Waals surface area contributed by atoms with Crippen LogP contribution in [0.1, 0.15) is 24.8 Å². The highest BCUT2D eigenvalue weighted by atomic mass is 32.2. The molecule has 1 N–H and O–H groups in total. The van der Waals surface area contributed by atoms with Gasteiger partial charge in [-0.15, -0.1) is 0 Å². The minimum atomic E-state index is -3.15. The maximum Gasteiger partial charge on any atom is 0.155 e. The second kappa shape index (κ2) is 5.78. The summed E-state index contributed by atoms with van der Waals surface area (Å²) >= 11 is 0. The lowest BCUT2D eigenvalue weighted by molar-refractivity contribution is 0.162. The summed E-state index contributed by atoms with van der Waals surface area (Å²) in [5.41, 5.74) is 1.02. The van der Waals surface area contributed by atoms with E-state index in [1.807, 2.05) is 42.5 Å². The molecular formula is C17H20O3S. The number of fused-ring (bicyclic) bond motifs is 1. The minimum absolute atomic E-state index is 0.213. The van der Waals surface area contributed by atoms with Crippen LogP contribution in [0.15, 0.2) is 42.5 Å². The summed E-state index contributed by atoms with van der Waals surface area (Å²) in [6, 6.07) is 14.0. The largest absolute Gasteiger partial charge is 0.391 e. The first-order chi connectivity index (χ1) is 10.1. The molecule has 2 atom stereocenters. The molecule has 0 aromatic heterocycles. The lowest BCUT2D eigenvalue weighted by Crippen LogP contribution is -2.39. The Morgan fingerprint density at radius 1 is 1.10 bits per heavy atom. The lowest BCUT2D eigenvalue weighted by Gasteiger charge is -2.27. The molecule has 0 aliphatic carbocycles. The van der Waals surface area contributed by atoms with Gasteiger partial charge in [-0.3, -0.25) is 0 Å². The number of aliphatic hydroxyl groups is 1. The van der Waals surface area contributed by atoms with Gasteiger partial charge < -0.3 is 5.11 Å². The number of sulfone groups is 1. The number of hydrogen-bond acceptors (Lipinski definition) is 3. The van der Waals surface area contributed by atoms with Crippen molar-refractivity contribution in [2.45, 2.75) is 37.0 Å². The molecule has 21 heavy (non-hydrogen) atoms. The van der Waals surface area contributed by atoms with Gasteiger partial charge in [0.15, 0.2) is 9.84 Å². The van der Waals surface area contributed by atoms with Crippen molar-refractivity contribution in [3.63, 3.8) is 0 Å². The van der Waals surface area contributed by atoms with E-state index in [-0.39, 0.29) is 5.75 Å². The van der Waals surface area contributed by atoms with E-state index >= 15 is 0 Å². The SMILES string of the molecule is O=S1(=O)CCCCC1C(O)Cc1cccc2ccccc12. The first kappa shape index (κ1) is 14.5. The molecule has 1 heterocycles. The Hall–Kier alpha value is -1.39. The zero-order valence-electron chi connectivity index (χ0n) is 11.9. The average Bonchev–Trinajstić information content (AvgIpc) is 2.47. The van der Waals surface area contributed by atoms with Crippen LogP contribution in [0, 0.1) is 0 Å². The van der Waals surface area contributed by atoms with E-state index in [4.69, 9.17) is 0 Å². The van der Waals surface area contributed by atoms with Gasteiger partial charge in [0.25, 0.3) is 0 Å². The number of rotatable bonds is 3. The van der Waals surface area contributed by atoms with E-state index in [0.717, 1.165) is 29.2 Å². The van der Waals surface area contributed by atoms with Gasteiger partial charge >= 0.3 is 0 Å². The predicted octanol–water partition coefficient (Wildman–Crippen LogP) is 2.71. The number of hydrogen-bond donors (Lipinski definition) is 1. The Bertz CT molecular complexity index is 731. The molecule has 1 fully saturated rings. The van der Waals surface area contributed by atoms with E-state index in [0.29, 0.717) is 12.8 Å². The summed E-state index contributed by atoms with van der Waals surface area (Å²) < 4.78 is 24.2. The molecule has 3 nitrogen and oxygen atoms in total. The summed E-state index contributed by atoms with van der Waals surface area (Å²) in [4.78, 5) is 0. The van der Waals surface area contributed by atoms with Crippen molar-refractivity contribution in [3.05, 3.63) is 48.0 Å². The normalized spacial score (nSPS) is 23.0. The van der Waals surface area contributed by atoms with Gasteiger partial charge in [-0.25, -0.2) is 8.42 Å². The molecule has 0 spiro atoms. The minimum Gasteiger partial charge on any atom is -0.391 e. The molecule has 112 valence electrons. The summed E-state index contributed by atoms with van der Waals surface area (Å²) in [6.07, 6.45) is 1.76. The van der Waals surface area contributed by atoms with E-state index in [1.54, 1.807) is 0 Å². The van der Waals surface area contributed by atoms with Gasteiger partial charge in [0, 0.05) is 6.42 Å². The van der Waals surface area contributed by atoms with Crippen LogP contribution in [0.25, 0.3) is 10.8 Å². The summed E-state index contributed by atoms with van der Waals surface area (Å²) in [6.45, 7) is 0. The molecule has 1 aliphatic rings. The molecule has 4 heteroatoms. The van der Waals surface area contributed by atoms with E-state index in [9.17, 15) is 13.5 Å². The Morgan fingerprint density at radius 3 is 2.67 bits per heavy atom. The highest BCUT2D eigenvalue weighted by Crippen LogP contribution is 2.26. The Labute approximate surface area is 125 Å². The van der Waals surface area contributed by atoms with Crippen LogP contribution in [-0.4, -0.2) is 30.6 Å². The second-order valence-electron chi connectivity index (χ2n) is 5.81. The molecule has 1 saturated heterocycles. The number of benzene rings is 2. The molecule has 0 saturated carbocycles.